The van der Waals surface area contributed by atoms with Crippen molar-refractivity contribution < 1.29 is 26.8 Å². The van der Waals surface area contributed by atoms with Crippen LogP contribution in [0, 0.1) is 11.6 Å². The van der Waals surface area contributed by atoms with Gasteiger partial charge in [-0.1, -0.05) is 19.1 Å². The minimum Gasteiger partial charge on any atom is -0.354 e. The fourth-order valence-corrected chi connectivity index (χ4v) is 4.34. The smallest absolute Gasteiger partial charge is 0.242 e. The lowest BCUT2D eigenvalue weighted by molar-refractivity contribution is -0.140. The van der Waals surface area contributed by atoms with E-state index in [-0.39, 0.29) is 37.7 Å². The Hall–Kier alpha value is -3.01. The highest BCUT2D eigenvalue weighted by atomic mass is 32.2. The Bertz CT molecular complexity index is 1060. The fourth-order valence-electron chi connectivity index (χ4n) is 3.38. The second-order valence-electron chi connectivity index (χ2n) is 8.03. The summed E-state index contributed by atoms with van der Waals surface area (Å²) < 4.78 is 52.1. The molecule has 0 radical (unpaired) electrons. The molecule has 1 N–H and O–H groups in total. The number of sulfonamides is 1. The predicted molar refractivity (Wildman–Crippen MR) is 128 cm³/mol. The third-order valence-electron chi connectivity index (χ3n) is 5.25. The number of carbonyl (C=O) groups excluding carboxylic acids is 2. The molecule has 10 heteroatoms. The van der Waals surface area contributed by atoms with E-state index in [1.54, 1.807) is 19.1 Å². The zero-order valence-electron chi connectivity index (χ0n) is 19.6. The molecule has 1 atom stereocenters. The lowest BCUT2D eigenvalue weighted by Crippen LogP contribution is -2.47. The molecule has 0 unspecified atom stereocenters. The molecule has 2 amide bonds. The highest BCUT2D eigenvalue weighted by Crippen LogP contribution is 2.19. The van der Waals surface area contributed by atoms with Crippen LogP contribution in [0.4, 0.5) is 14.5 Å². The standard InChI is InChI=1S/C24H31F2N3O4S/c1-4-15-27-24(31)18(2)28(17-19-7-9-20(25)10-8-19)23(30)6-5-16-29(34(3,32)33)22-13-11-21(26)12-14-22/h7-14,18H,4-6,15-17H2,1-3H3,(H,27,31)/t18-/m0/s1. The van der Waals surface area contributed by atoms with Crippen LogP contribution in [0.2, 0.25) is 0 Å². The first-order valence-corrected chi connectivity index (χ1v) is 12.9. The molecule has 0 aliphatic rings. The van der Waals surface area contributed by atoms with Gasteiger partial charge in [0.15, 0.2) is 0 Å². The van der Waals surface area contributed by atoms with Crippen molar-refractivity contribution in [3.8, 4) is 0 Å². The second-order valence-corrected chi connectivity index (χ2v) is 9.94. The normalized spacial score (nSPS) is 12.1. The van der Waals surface area contributed by atoms with Crippen molar-refractivity contribution in [2.75, 3.05) is 23.7 Å². The summed E-state index contributed by atoms with van der Waals surface area (Å²) in [4.78, 5) is 27.0. The zero-order chi connectivity index (χ0) is 25.3. The van der Waals surface area contributed by atoms with Crippen molar-refractivity contribution in [1.82, 2.24) is 10.2 Å². The van der Waals surface area contributed by atoms with Crippen LogP contribution in [0.1, 0.15) is 38.7 Å². The van der Waals surface area contributed by atoms with Gasteiger partial charge in [-0.3, -0.25) is 13.9 Å². The summed E-state index contributed by atoms with van der Waals surface area (Å²) in [6.45, 7) is 4.13. The molecular formula is C24H31F2N3O4S. The molecule has 2 aromatic carbocycles. The molecule has 0 aliphatic heterocycles. The Morgan fingerprint density at radius 2 is 1.56 bits per heavy atom. The molecule has 0 heterocycles. The Balaban J connectivity index is 2.13. The van der Waals surface area contributed by atoms with E-state index < -0.39 is 27.7 Å². The van der Waals surface area contributed by atoms with Gasteiger partial charge in [0, 0.05) is 26.1 Å². The van der Waals surface area contributed by atoms with E-state index in [0.29, 0.717) is 17.8 Å². The Morgan fingerprint density at radius 1 is 1.00 bits per heavy atom. The fraction of sp³-hybridized carbons (Fsp3) is 0.417. The highest BCUT2D eigenvalue weighted by molar-refractivity contribution is 7.92. The molecule has 2 rings (SSSR count). The first-order chi connectivity index (χ1) is 16.0. The molecule has 0 fully saturated rings. The number of nitrogens with zero attached hydrogens (tertiary/aromatic N) is 2. The van der Waals surface area contributed by atoms with E-state index >= 15 is 0 Å². The molecule has 0 saturated carbocycles. The SMILES string of the molecule is CCCNC(=O)[C@H](C)N(Cc1ccc(F)cc1)C(=O)CCCN(c1ccc(F)cc1)S(C)(=O)=O. The van der Waals surface area contributed by atoms with Crippen LogP contribution in [0.3, 0.4) is 0 Å². The lowest BCUT2D eigenvalue weighted by atomic mass is 10.1. The van der Waals surface area contributed by atoms with E-state index in [4.69, 9.17) is 0 Å². The van der Waals surface area contributed by atoms with Crippen LogP contribution in [-0.4, -0.2) is 50.5 Å². The highest BCUT2D eigenvalue weighted by Gasteiger charge is 2.26. The summed E-state index contributed by atoms with van der Waals surface area (Å²) in [5, 5.41) is 2.77. The van der Waals surface area contributed by atoms with Gasteiger partial charge in [-0.05, 0) is 61.7 Å². The van der Waals surface area contributed by atoms with Gasteiger partial charge in [-0.2, -0.15) is 0 Å². The first kappa shape index (κ1) is 27.2. The third kappa shape index (κ3) is 8.09. The van der Waals surface area contributed by atoms with E-state index in [0.717, 1.165) is 17.0 Å². The summed E-state index contributed by atoms with van der Waals surface area (Å²) >= 11 is 0. The van der Waals surface area contributed by atoms with E-state index in [9.17, 15) is 26.8 Å². The summed E-state index contributed by atoms with van der Waals surface area (Å²) in [5.41, 5.74) is 0.959. The molecule has 186 valence electrons. The molecule has 0 saturated heterocycles. The number of hydrogen-bond donors (Lipinski definition) is 1. The minimum absolute atomic E-state index is 0.0109. The number of halogens is 2. The van der Waals surface area contributed by atoms with Crippen molar-refractivity contribution in [3.05, 3.63) is 65.7 Å². The monoisotopic (exact) mass is 495 g/mol. The summed E-state index contributed by atoms with van der Waals surface area (Å²) in [6.07, 6.45) is 1.96. The molecule has 2 aromatic rings. The first-order valence-electron chi connectivity index (χ1n) is 11.1. The van der Waals surface area contributed by atoms with Gasteiger partial charge in [-0.25, -0.2) is 17.2 Å². The maximum Gasteiger partial charge on any atom is 0.242 e. The van der Waals surface area contributed by atoms with Crippen molar-refractivity contribution in [2.24, 2.45) is 0 Å². The van der Waals surface area contributed by atoms with Crippen LogP contribution >= 0.6 is 0 Å². The largest absolute Gasteiger partial charge is 0.354 e. The molecule has 7 nitrogen and oxygen atoms in total. The Morgan fingerprint density at radius 3 is 2.09 bits per heavy atom. The third-order valence-corrected chi connectivity index (χ3v) is 6.44. The summed E-state index contributed by atoms with van der Waals surface area (Å²) in [6, 6.07) is 9.95. The number of benzene rings is 2. The van der Waals surface area contributed by atoms with Gasteiger partial charge in [0.2, 0.25) is 21.8 Å². The van der Waals surface area contributed by atoms with Crippen LogP contribution in [0.25, 0.3) is 0 Å². The van der Waals surface area contributed by atoms with Crippen molar-refractivity contribution in [3.63, 3.8) is 0 Å². The topological polar surface area (TPSA) is 86.8 Å². The summed E-state index contributed by atoms with van der Waals surface area (Å²) in [5.74, 6) is -1.53. The number of hydrogen-bond acceptors (Lipinski definition) is 4. The molecule has 0 aromatic heterocycles. The predicted octanol–water partition coefficient (Wildman–Crippen LogP) is 3.45. The maximum atomic E-state index is 13.3. The average Bonchev–Trinajstić information content (AvgIpc) is 2.79. The van der Waals surface area contributed by atoms with E-state index in [1.807, 2.05) is 6.92 Å². The van der Waals surface area contributed by atoms with E-state index in [2.05, 4.69) is 5.32 Å². The van der Waals surface area contributed by atoms with Crippen LogP contribution < -0.4 is 9.62 Å². The van der Waals surface area contributed by atoms with Gasteiger partial charge in [0.05, 0.1) is 11.9 Å². The number of nitrogens with one attached hydrogen (secondary N) is 1. The number of carbonyl (C=O) groups is 2. The van der Waals surface area contributed by atoms with Crippen molar-refractivity contribution in [2.45, 2.75) is 45.7 Å². The second kappa shape index (κ2) is 12.5. The van der Waals surface area contributed by atoms with Gasteiger partial charge >= 0.3 is 0 Å². The van der Waals surface area contributed by atoms with E-state index in [1.165, 1.54) is 41.3 Å². The van der Waals surface area contributed by atoms with Gasteiger partial charge in [-0.15, -0.1) is 0 Å². The molecular weight excluding hydrogens is 464 g/mol. The Labute approximate surface area is 199 Å². The van der Waals surface area contributed by atoms with Crippen LogP contribution in [0.15, 0.2) is 48.5 Å². The maximum absolute atomic E-state index is 13.3. The molecule has 0 aliphatic carbocycles. The molecule has 0 bridgehead atoms. The average molecular weight is 496 g/mol. The number of anilines is 1. The van der Waals surface area contributed by atoms with Crippen LogP contribution in [0.5, 0.6) is 0 Å². The molecule has 0 spiro atoms. The van der Waals surface area contributed by atoms with Crippen molar-refractivity contribution in [1.29, 1.82) is 0 Å². The number of amides is 2. The van der Waals surface area contributed by atoms with Gasteiger partial charge < -0.3 is 10.2 Å². The minimum atomic E-state index is -3.66. The zero-order valence-corrected chi connectivity index (χ0v) is 20.4. The van der Waals surface area contributed by atoms with Gasteiger partial charge in [0.25, 0.3) is 0 Å². The lowest BCUT2D eigenvalue weighted by Gasteiger charge is -2.29. The Kier molecular flexibility index (Phi) is 9.97. The van der Waals surface area contributed by atoms with Gasteiger partial charge in [0.1, 0.15) is 17.7 Å². The quantitative estimate of drug-likeness (QED) is 0.489. The number of rotatable bonds is 12. The van der Waals surface area contributed by atoms with Crippen molar-refractivity contribution >= 4 is 27.5 Å². The van der Waals surface area contributed by atoms with Crippen LogP contribution in [-0.2, 0) is 26.2 Å². The molecule has 34 heavy (non-hydrogen) atoms. The summed E-state index contributed by atoms with van der Waals surface area (Å²) in [7, 11) is -3.66.